The van der Waals surface area contributed by atoms with Gasteiger partial charge in [-0.05, 0) is 116 Å². The van der Waals surface area contributed by atoms with Gasteiger partial charge < -0.3 is 62.9 Å². The summed E-state index contributed by atoms with van der Waals surface area (Å²) in [5.74, 6) is -6.08. The predicted molar refractivity (Wildman–Crippen MR) is 245 cm³/mol. The van der Waals surface area contributed by atoms with Crippen LogP contribution in [0.4, 0.5) is 0 Å². The minimum absolute atomic E-state index is 0.0229. The second-order valence-electron chi connectivity index (χ2n) is 16.7. The van der Waals surface area contributed by atoms with Crippen LogP contribution < -0.4 is 0 Å². The van der Waals surface area contributed by atoms with Crippen molar-refractivity contribution in [3.8, 4) is 46.0 Å². The molecule has 9 aromatic rings. The molecule has 13 heteroatoms. The number of rotatable bonds is 14. The monoisotopic (exact) mass is 904 g/mol. The molecule has 0 aliphatic carbocycles. The third-order valence-corrected chi connectivity index (χ3v) is 12.9. The van der Waals surface area contributed by atoms with Crippen LogP contribution in [-0.4, -0.2) is 40.9 Å². The molecule has 0 aliphatic heterocycles. The standard InChI is InChI=1S/C54H48O13/c1-5-30(38-12-7-21-64-38)46-52(60)33(26-34(53(46)61)45(41-15-10-24-67-41)47-36(56)18-16-27(2)49(47)57)43(39-13-8-22-65-39)32-25-28(3)50(58)48(54(32)62)44(40-14-9-23-66-40)31-17-19-35(55)42(51(31)59)29(4)37-11-6-20-63-37/h6-26,29-30,43-45,55-62H,5H2,1-4H3. The van der Waals surface area contributed by atoms with Crippen molar-refractivity contribution >= 4 is 0 Å². The molecule has 0 saturated carbocycles. The lowest BCUT2D eigenvalue weighted by Gasteiger charge is -2.29. The van der Waals surface area contributed by atoms with E-state index in [0.717, 1.165) is 0 Å². The number of aromatic hydroxyl groups is 8. The summed E-state index contributed by atoms with van der Waals surface area (Å²) in [4.78, 5) is 0. The van der Waals surface area contributed by atoms with E-state index < -0.39 is 35.3 Å². The molecule has 0 radical (unpaired) electrons. The van der Waals surface area contributed by atoms with E-state index in [1.807, 2.05) is 6.92 Å². The maximum Gasteiger partial charge on any atom is 0.127 e. The van der Waals surface area contributed by atoms with Crippen molar-refractivity contribution in [3.05, 3.63) is 213 Å². The summed E-state index contributed by atoms with van der Waals surface area (Å²) >= 11 is 0. The smallest absolute Gasteiger partial charge is 0.127 e. The van der Waals surface area contributed by atoms with Gasteiger partial charge in [0.1, 0.15) is 74.8 Å². The molecule has 8 N–H and O–H groups in total. The zero-order valence-electron chi connectivity index (χ0n) is 36.8. The van der Waals surface area contributed by atoms with Crippen molar-refractivity contribution < 1.29 is 62.9 Å². The first-order valence-corrected chi connectivity index (χ1v) is 21.7. The Morgan fingerprint density at radius 1 is 0.388 bits per heavy atom. The van der Waals surface area contributed by atoms with Gasteiger partial charge in [0.15, 0.2) is 0 Å². The first-order valence-electron chi connectivity index (χ1n) is 21.7. The number of phenolic OH excluding ortho intramolecular Hbond substituents is 8. The Hall–Kier alpha value is -8.32. The van der Waals surface area contributed by atoms with Gasteiger partial charge in [-0.3, -0.25) is 0 Å². The molecule has 5 aromatic heterocycles. The molecule has 5 heterocycles. The first-order chi connectivity index (χ1) is 32.3. The number of hydrogen-bond acceptors (Lipinski definition) is 13. The Kier molecular flexibility index (Phi) is 11.5. The van der Waals surface area contributed by atoms with Gasteiger partial charge in [0.25, 0.3) is 0 Å². The van der Waals surface area contributed by atoms with E-state index in [2.05, 4.69) is 0 Å². The second kappa shape index (κ2) is 17.6. The molecule has 342 valence electrons. The molecular weight excluding hydrogens is 857 g/mol. The van der Waals surface area contributed by atoms with Gasteiger partial charge in [-0.25, -0.2) is 0 Å². The fraction of sp³-hybridized carbons (Fsp3) is 0.185. The molecule has 0 saturated heterocycles. The third kappa shape index (κ3) is 7.47. The van der Waals surface area contributed by atoms with E-state index in [1.165, 1.54) is 55.6 Å². The van der Waals surface area contributed by atoms with Gasteiger partial charge in [0, 0.05) is 45.2 Å². The summed E-state index contributed by atoms with van der Waals surface area (Å²) in [5, 5.41) is 97.0. The van der Waals surface area contributed by atoms with Crippen LogP contribution in [0.25, 0.3) is 0 Å². The fourth-order valence-electron chi connectivity index (χ4n) is 9.57. The van der Waals surface area contributed by atoms with E-state index in [1.54, 1.807) is 93.6 Å². The largest absolute Gasteiger partial charge is 0.508 e. The van der Waals surface area contributed by atoms with Gasteiger partial charge in [-0.2, -0.15) is 0 Å². The van der Waals surface area contributed by atoms with Gasteiger partial charge in [-0.15, -0.1) is 0 Å². The molecule has 9 rings (SSSR count). The fourth-order valence-corrected chi connectivity index (χ4v) is 9.57. The van der Waals surface area contributed by atoms with Crippen molar-refractivity contribution in [2.24, 2.45) is 0 Å². The summed E-state index contributed by atoms with van der Waals surface area (Å²) in [7, 11) is 0. The van der Waals surface area contributed by atoms with Crippen LogP contribution in [0.3, 0.4) is 0 Å². The molecule has 0 bridgehead atoms. The zero-order chi connectivity index (χ0) is 47.3. The lowest BCUT2D eigenvalue weighted by atomic mass is 9.76. The summed E-state index contributed by atoms with van der Waals surface area (Å²) in [6.07, 6.45) is 7.57. The number of phenols is 8. The van der Waals surface area contributed by atoms with Crippen LogP contribution in [0.2, 0.25) is 0 Å². The second-order valence-corrected chi connectivity index (χ2v) is 16.7. The van der Waals surface area contributed by atoms with Crippen molar-refractivity contribution in [2.45, 2.75) is 63.7 Å². The van der Waals surface area contributed by atoms with Crippen molar-refractivity contribution in [2.75, 3.05) is 0 Å². The van der Waals surface area contributed by atoms with Crippen molar-refractivity contribution in [1.82, 2.24) is 0 Å². The van der Waals surface area contributed by atoms with Gasteiger partial charge >= 0.3 is 0 Å². The maximum absolute atomic E-state index is 12.9. The van der Waals surface area contributed by atoms with E-state index in [4.69, 9.17) is 22.1 Å². The Morgan fingerprint density at radius 3 is 1.34 bits per heavy atom. The Bertz CT molecular complexity index is 3140. The van der Waals surface area contributed by atoms with Crippen LogP contribution in [0.5, 0.6) is 46.0 Å². The quantitative estimate of drug-likeness (QED) is 0.0509. The molecule has 5 atom stereocenters. The summed E-state index contributed by atoms with van der Waals surface area (Å²) in [5.41, 5.74) is 1.33. The molecule has 13 nitrogen and oxygen atoms in total. The van der Waals surface area contributed by atoms with Crippen LogP contribution in [0.1, 0.15) is 134 Å². The summed E-state index contributed by atoms with van der Waals surface area (Å²) in [6.45, 7) is 6.92. The van der Waals surface area contributed by atoms with E-state index >= 15 is 0 Å². The lowest BCUT2D eigenvalue weighted by molar-refractivity contribution is 0.396. The molecule has 5 unspecified atom stereocenters. The normalized spacial score (nSPS) is 13.9. The molecule has 0 aliphatic rings. The van der Waals surface area contributed by atoms with Gasteiger partial charge in [-0.1, -0.05) is 26.0 Å². The third-order valence-electron chi connectivity index (χ3n) is 12.9. The SMILES string of the molecule is CCC(c1ccco1)c1c(O)c(C(c2ccco2)c2cc(C)c(O)c(C(c3ccco3)c3ccc(O)c(C(C)c4ccco4)c3O)c2O)cc(C(c2ccco2)c2c(O)ccc(C)c2O)c1O. The van der Waals surface area contributed by atoms with E-state index in [9.17, 15) is 40.9 Å². The number of hydrogen-bond donors (Lipinski definition) is 8. The van der Waals surface area contributed by atoms with Crippen LogP contribution in [0.15, 0.2) is 150 Å². The van der Waals surface area contributed by atoms with Crippen LogP contribution in [0, 0.1) is 13.8 Å². The molecule has 0 spiro atoms. The minimum Gasteiger partial charge on any atom is -0.508 e. The van der Waals surface area contributed by atoms with Crippen molar-refractivity contribution in [3.63, 3.8) is 0 Å². The molecule has 4 aromatic carbocycles. The Balaban J connectivity index is 1.35. The number of furan rings is 5. The Morgan fingerprint density at radius 2 is 0.806 bits per heavy atom. The molecule has 0 fully saturated rings. The summed E-state index contributed by atoms with van der Waals surface area (Å²) in [6, 6.07) is 25.6. The molecular formula is C54H48O13. The van der Waals surface area contributed by atoms with E-state index in [-0.39, 0.29) is 108 Å². The highest BCUT2D eigenvalue weighted by molar-refractivity contribution is 5.69. The van der Waals surface area contributed by atoms with Crippen LogP contribution in [-0.2, 0) is 0 Å². The maximum atomic E-state index is 12.9. The first kappa shape index (κ1) is 43.9. The zero-order valence-corrected chi connectivity index (χ0v) is 36.8. The highest BCUT2D eigenvalue weighted by Crippen LogP contribution is 2.57. The summed E-state index contributed by atoms with van der Waals surface area (Å²) < 4.78 is 29.6. The highest BCUT2D eigenvalue weighted by Gasteiger charge is 2.40. The minimum atomic E-state index is -1.21. The Labute approximate surface area is 384 Å². The van der Waals surface area contributed by atoms with Gasteiger partial charge in [0.2, 0.25) is 0 Å². The van der Waals surface area contributed by atoms with E-state index in [0.29, 0.717) is 23.5 Å². The number of benzene rings is 4. The average Bonchev–Trinajstić information content (AvgIpc) is 4.17. The molecule has 0 amide bonds. The van der Waals surface area contributed by atoms with Crippen LogP contribution >= 0.6 is 0 Å². The molecule has 67 heavy (non-hydrogen) atoms. The lowest BCUT2D eigenvalue weighted by Crippen LogP contribution is -2.13. The van der Waals surface area contributed by atoms with Crippen molar-refractivity contribution in [1.29, 1.82) is 0 Å². The highest BCUT2D eigenvalue weighted by atomic mass is 16.3. The number of aryl methyl sites for hydroxylation is 2. The topological polar surface area (TPSA) is 228 Å². The predicted octanol–water partition coefficient (Wildman–Crippen LogP) is 12.1. The average molecular weight is 905 g/mol. The van der Waals surface area contributed by atoms with Gasteiger partial charge in [0.05, 0.1) is 60.2 Å².